The number of hydrogen-bond acceptors (Lipinski definition) is 3. The van der Waals surface area contributed by atoms with Crippen molar-refractivity contribution < 1.29 is 27.5 Å². The second kappa shape index (κ2) is 10.1. The van der Waals surface area contributed by atoms with Crippen LogP contribution in [-0.4, -0.2) is 18.4 Å². The van der Waals surface area contributed by atoms with Gasteiger partial charge >= 0.3 is 6.18 Å². The van der Waals surface area contributed by atoms with E-state index >= 15 is 0 Å². The van der Waals surface area contributed by atoms with Crippen LogP contribution in [-0.2, 0) is 15.8 Å². The molecule has 2 N–H and O–H groups in total. The van der Waals surface area contributed by atoms with Crippen molar-refractivity contribution in [2.75, 3.05) is 17.2 Å². The van der Waals surface area contributed by atoms with Crippen LogP contribution in [0.1, 0.15) is 42.9 Å². The fourth-order valence-corrected chi connectivity index (χ4v) is 2.77. The molecular formula is C22H25F3N2O3. The third-order valence-corrected chi connectivity index (χ3v) is 4.33. The molecule has 0 radical (unpaired) electrons. The van der Waals surface area contributed by atoms with E-state index in [0.717, 1.165) is 35.1 Å². The molecular weight excluding hydrogens is 397 g/mol. The molecule has 0 heterocycles. The normalized spacial score (nSPS) is 11.1. The highest BCUT2D eigenvalue weighted by atomic mass is 19.4. The highest BCUT2D eigenvalue weighted by molar-refractivity contribution is 5.99. The SMILES string of the molecule is CC(=O)Nc1ccc(C(F)(F)F)cc1NC(=O)CCCCOc1cc(C)ccc1C. The van der Waals surface area contributed by atoms with Gasteiger partial charge in [-0.1, -0.05) is 12.1 Å². The summed E-state index contributed by atoms with van der Waals surface area (Å²) in [4.78, 5) is 23.5. The van der Waals surface area contributed by atoms with Crippen LogP contribution in [0.4, 0.5) is 24.5 Å². The van der Waals surface area contributed by atoms with E-state index in [1.807, 2.05) is 32.0 Å². The molecule has 0 aromatic heterocycles. The maximum absolute atomic E-state index is 13.0. The fraction of sp³-hybridized carbons (Fsp3) is 0.364. The van der Waals surface area contributed by atoms with Crippen LogP contribution in [0.25, 0.3) is 0 Å². The number of anilines is 2. The molecule has 2 aromatic rings. The molecule has 2 amide bonds. The van der Waals surface area contributed by atoms with Crippen LogP contribution in [0, 0.1) is 13.8 Å². The highest BCUT2D eigenvalue weighted by Gasteiger charge is 2.31. The van der Waals surface area contributed by atoms with Crippen LogP contribution in [0.5, 0.6) is 5.75 Å². The zero-order valence-electron chi connectivity index (χ0n) is 17.2. The summed E-state index contributed by atoms with van der Waals surface area (Å²) in [6.07, 6.45) is -3.32. The second-order valence-corrected chi connectivity index (χ2v) is 7.06. The number of carbonyl (C=O) groups is 2. The first-order chi connectivity index (χ1) is 14.1. The van der Waals surface area contributed by atoms with Gasteiger partial charge in [0.15, 0.2) is 0 Å². The lowest BCUT2D eigenvalue weighted by molar-refractivity contribution is -0.137. The minimum absolute atomic E-state index is 0.0864. The second-order valence-electron chi connectivity index (χ2n) is 7.06. The van der Waals surface area contributed by atoms with Gasteiger partial charge in [-0.2, -0.15) is 13.2 Å². The van der Waals surface area contributed by atoms with Gasteiger partial charge in [-0.15, -0.1) is 0 Å². The van der Waals surface area contributed by atoms with Gasteiger partial charge in [-0.3, -0.25) is 9.59 Å². The number of amides is 2. The molecule has 0 aliphatic heterocycles. The van der Waals surface area contributed by atoms with E-state index in [-0.39, 0.29) is 17.8 Å². The number of hydrogen-bond donors (Lipinski definition) is 2. The molecule has 0 spiro atoms. The van der Waals surface area contributed by atoms with Gasteiger partial charge in [-0.05, 0) is 62.1 Å². The van der Waals surface area contributed by atoms with Crippen molar-refractivity contribution in [3.05, 3.63) is 53.1 Å². The van der Waals surface area contributed by atoms with Gasteiger partial charge in [0.25, 0.3) is 0 Å². The van der Waals surface area contributed by atoms with Crippen molar-refractivity contribution in [1.82, 2.24) is 0 Å². The molecule has 162 valence electrons. The Hall–Kier alpha value is -3.03. The summed E-state index contributed by atoms with van der Waals surface area (Å²) >= 11 is 0. The lowest BCUT2D eigenvalue weighted by Crippen LogP contribution is -2.16. The summed E-state index contributed by atoms with van der Waals surface area (Å²) in [5, 5.41) is 4.88. The van der Waals surface area contributed by atoms with Crippen LogP contribution in [0.15, 0.2) is 36.4 Å². The molecule has 5 nitrogen and oxygen atoms in total. The van der Waals surface area contributed by atoms with Crippen LogP contribution >= 0.6 is 0 Å². The number of halogens is 3. The highest BCUT2D eigenvalue weighted by Crippen LogP contribution is 2.34. The zero-order chi connectivity index (χ0) is 22.3. The minimum Gasteiger partial charge on any atom is -0.493 e. The maximum atomic E-state index is 13.0. The number of nitrogens with one attached hydrogen (secondary N) is 2. The fourth-order valence-electron chi connectivity index (χ4n) is 2.77. The predicted molar refractivity (Wildman–Crippen MR) is 110 cm³/mol. The number of carbonyl (C=O) groups excluding carboxylic acids is 2. The maximum Gasteiger partial charge on any atom is 0.416 e. The number of unbranched alkanes of at least 4 members (excludes halogenated alkanes) is 1. The number of aryl methyl sites for hydroxylation is 2. The Labute approximate surface area is 173 Å². The van der Waals surface area contributed by atoms with E-state index in [0.29, 0.717) is 19.4 Å². The minimum atomic E-state index is -4.56. The van der Waals surface area contributed by atoms with E-state index in [1.54, 1.807) is 0 Å². The lowest BCUT2D eigenvalue weighted by Gasteiger charge is -2.15. The molecule has 0 aliphatic rings. The van der Waals surface area contributed by atoms with E-state index in [2.05, 4.69) is 10.6 Å². The average Bonchev–Trinajstić information content (AvgIpc) is 2.64. The first-order valence-corrected chi connectivity index (χ1v) is 9.55. The molecule has 0 unspecified atom stereocenters. The first-order valence-electron chi connectivity index (χ1n) is 9.55. The summed E-state index contributed by atoms with van der Waals surface area (Å²) < 4.78 is 44.6. The standard InChI is InChI=1S/C22H25F3N2O3/c1-14-7-8-15(2)20(12-14)30-11-5-4-6-21(29)27-19-13-17(22(23,24)25)9-10-18(19)26-16(3)28/h7-10,12-13H,4-6,11H2,1-3H3,(H,26,28)(H,27,29). The van der Waals surface area contributed by atoms with Crippen molar-refractivity contribution in [3.8, 4) is 5.75 Å². The first kappa shape index (κ1) is 23.3. The molecule has 0 bridgehead atoms. The zero-order valence-corrected chi connectivity index (χ0v) is 17.2. The topological polar surface area (TPSA) is 67.4 Å². The van der Waals surface area contributed by atoms with Gasteiger partial charge < -0.3 is 15.4 Å². The Morgan fingerprint density at radius 2 is 1.70 bits per heavy atom. The predicted octanol–water partition coefficient (Wildman–Crippen LogP) is 5.47. The molecule has 0 saturated carbocycles. The molecule has 0 fully saturated rings. The van der Waals surface area contributed by atoms with Crippen molar-refractivity contribution in [2.45, 2.75) is 46.2 Å². The van der Waals surface area contributed by atoms with Crippen molar-refractivity contribution in [3.63, 3.8) is 0 Å². The molecule has 2 aromatic carbocycles. The molecule has 0 aliphatic carbocycles. The van der Waals surface area contributed by atoms with Gasteiger partial charge in [0.1, 0.15) is 5.75 Å². The van der Waals surface area contributed by atoms with Gasteiger partial charge in [0.2, 0.25) is 11.8 Å². The van der Waals surface area contributed by atoms with Crippen LogP contribution < -0.4 is 15.4 Å². The summed E-state index contributed by atoms with van der Waals surface area (Å²) in [6.45, 7) is 5.58. The third-order valence-electron chi connectivity index (χ3n) is 4.33. The Bertz CT molecular complexity index is 911. The van der Waals surface area contributed by atoms with Crippen LogP contribution in [0.3, 0.4) is 0 Å². The molecule has 30 heavy (non-hydrogen) atoms. The Balaban J connectivity index is 1.90. The molecule has 0 atom stereocenters. The summed E-state index contributed by atoms with van der Waals surface area (Å²) in [5.41, 5.74) is 1.23. The van der Waals surface area contributed by atoms with E-state index in [9.17, 15) is 22.8 Å². The Morgan fingerprint density at radius 3 is 2.37 bits per heavy atom. The van der Waals surface area contributed by atoms with E-state index in [1.165, 1.54) is 6.92 Å². The number of alkyl halides is 3. The van der Waals surface area contributed by atoms with Gasteiger partial charge in [0, 0.05) is 13.3 Å². The Kier molecular flexibility index (Phi) is 7.86. The lowest BCUT2D eigenvalue weighted by atomic mass is 10.1. The van der Waals surface area contributed by atoms with Crippen molar-refractivity contribution in [1.29, 1.82) is 0 Å². The number of benzene rings is 2. The van der Waals surface area contributed by atoms with E-state index < -0.39 is 23.6 Å². The van der Waals surface area contributed by atoms with E-state index in [4.69, 9.17) is 4.74 Å². The monoisotopic (exact) mass is 422 g/mol. The largest absolute Gasteiger partial charge is 0.493 e. The van der Waals surface area contributed by atoms with Crippen LogP contribution in [0.2, 0.25) is 0 Å². The molecule has 8 heteroatoms. The summed E-state index contributed by atoms with van der Waals surface area (Å²) in [7, 11) is 0. The number of rotatable bonds is 8. The van der Waals surface area contributed by atoms with Gasteiger partial charge in [0.05, 0.1) is 23.5 Å². The Morgan fingerprint density at radius 1 is 0.967 bits per heavy atom. The van der Waals surface area contributed by atoms with Crippen molar-refractivity contribution in [2.24, 2.45) is 0 Å². The van der Waals surface area contributed by atoms with Crippen molar-refractivity contribution >= 4 is 23.2 Å². The summed E-state index contributed by atoms with van der Waals surface area (Å²) in [5.74, 6) is -0.0927. The average molecular weight is 422 g/mol. The summed E-state index contributed by atoms with van der Waals surface area (Å²) in [6, 6.07) is 8.70. The number of ether oxygens (including phenoxy) is 1. The molecule has 0 saturated heterocycles. The quantitative estimate of drug-likeness (QED) is 0.555. The molecule has 2 rings (SSSR count). The van der Waals surface area contributed by atoms with Gasteiger partial charge in [-0.25, -0.2) is 0 Å². The third kappa shape index (κ3) is 7.09. The smallest absolute Gasteiger partial charge is 0.416 e.